The molecular formula is C41H50O5. The van der Waals surface area contributed by atoms with E-state index in [9.17, 15) is 15.0 Å². The highest BCUT2D eigenvalue weighted by Gasteiger charge is 2.14. The molecule has 0 radical (unpaired) electrons. The third-order valence-corrected chi connectivity index (χ3v) is 8.91. The zero-order valence-electron chi connectivity index (χ0n) is 27.9. The Labute approximate surface area is 275 Å². The Morgan fingerprint density at radius 2 is 0.978 bits per heavy atom. The molecule has 0 saturated heterocycles. The van der Waals surface area contributed by atoms with Crippen LogP contribution in [0.3, 0.4) is 0 Å². The van der Waals surface area contributed by atoms with Crippen LogP contribution in [0.25, 0.3) is 22.3 Å². The molecule has 2 atom stereocenters. The lowest BCUT2D eigenvalue weighted by molar-refractivity contribution is 0.103. The summed E-state index contributed by atoms with van der Waals surface area (Å²) in [6.07, 6.45) is 9.21. The van der Waals surface area contributed by atoms with E-state index >= 15 is 0 Å². The van der Waals surface area contributed by atoms with Gasteiger partial charge < -0.3 is 19.7 Å². The van der Waals surface area contributed by atoms with Crippen molar-refractivity contribution in [1.82, 2.24) is 0 Å². The molecule has 0 fully saturated rings. The zero-order chi connectivity index (χ0) is 32.9. The van der Waals surface area contributed by atoms with E-state index in [1.54, 1.807) is 36.4 Å². The Balaban J connectivity index is 1.37. The molecule has 0 bridgehead atoms. The van der Waals surface area contributed by atoms with E-state index < -0.39 is 0 Å². The Morgan fingerprint density at radius 1 is 0.587 bits per heavy atom. The van der Waals surface area contributed by atoms with E-state index in [1.165, 1.54) is 25.7 Å². The quantitative estimate of drug-likeness (QED) is 0.108. The number of benzene rings is 4. The first-order chi connectivity index (χ1) is 22.4. The van der Waals surface area contributed by atoms with Crippen molar-refractivity contribution in [1.29, 1.82) is 0 Å². The third-order valence-electron chi connectivity index (χ3n) is 8.91. The number of ketones is 1. The lowest BCUT2D eigenvalue weighted by Gasteiger charge is -2.16. The topological polar surface area (TPSA) is 76.0 Å². The fourth-order valence-electron chi connectivity index (χ4n) is 5.68. The molecule has 4 aromatic rings. The van der Waals surface area contributed by atoms with Gasteiger partial charge in [-0.05, 0) is 60.1 Å². The third kappa shape index (κ3) is 9.38. The van der Waals surface area contributed by atoms with Gasteiger partial charge in [0, 0.05) is 34.4 Å². The molecule has 0 saturated carbocycles. The molecule has 2 unspecified atom stereocenters. The van der Waals surface area contributed by atoms with Crippen LogP contribution in [0.15, 0.2) is 84.9 Å². The summed E-state index contributed by atoms with van der Waals surface area (Å²) in [5.74, 6) is 2.54. The van der Waals surface area contributed by atoms with Crippen LogP contribution in [0.1, 0.15) is 95.0 Å². The fraction of sp³-hybridized carbons (Fsp3) is 0.390. The van der Waals surface area contributed by atoms with Crippen molar-refractivity contribution in [2.45, 2.75) is 79.1 Å². The molecule has 4 aromatic carbocycles. The molecule has 0 amide bonds. The second-order valence-corrected chi connectivity index (χ2v) is 12.3. The highest BCUT2D eigenvalue weighted by atomic mass is 16.5. The predicted octanol–water partition coefficient (Wildman–Crippen LogP) is 10.9. The van der Waals surface area contributed by atoms with Gasteiger partial charge in [0.2, 0.25) is 0 Å². The Morgan fingerprint density at radius 3 is 1.30 bits per heavy atom. The standard InChI is InChI=1S/C41H50O5/c1-5-9-11-29(7-3)27-45-35-21-23-37(39(42)25-35)31-13-17-33(18-14-31)41(44)34-19-15-32(16-20-34)38-24-22-36(26-40(38)43)46-28-30(8-4)12-10-6-2/h13-26,29-30,42-43H,5-12,27-28H2,1-4H3. The molecule has 2 N–H and O–H groups in total. The average molecular weight is 623 g/mol. The van der Waals surface area contributed by atoms with Gasteiger partial charge >= 0.3 is 0 Å². The molecule has 0 aliphatic rings. The number of unbranched alkanes of at least 4 members (excludes halogenated alkanes) is 2. The molecule has 244 valence electrons. The number of aromatic hydroxyl groups is 2. The van der Waals surface area contributed by atoms with Crippen LogP contribution in [-0.4, -0.2) is 29.2 Å². The van der Waals surface area contributed by atoms with E-state index in [0.29, 0.717) is 58.8 Å². The molecule has 4 rings (SSSR count). The highest BCUT2D eigenvalue weighted by Crippen LogP contribution is 2.35. The Bertz CT molecular complexity index is 1410. The van der Waals surface area contributed by atoms with Crippen LogP contribution in [0.4, 0.5) is 0 Å². The van der Waals surface area contributed by atoms with Crippen molar-refractivity contribution in [3.63, 3.8) is 0 Å². The van der Waals surface area contributed by atoms with Gasteiger partial charge in [-0.1, -0.05) is 115 Å². The minimum atomic E-state index is -0.0962. The molecular weight excluding hydrogens is 572 g/mol. The number of phenolic OH excluding ortho intramolecular Hbond substituents is 2. The lowest BCUT2D eigenvalue weighted by atomic mass is 9.97. The van der Waals surface area contributed by atoms with Gasteiger partial charge in [-0.25, -0.2) is 0 Å². The summed E-state index contributed by atoms with van der Waals surface area (Å²) >= 11 is 0. The minimum absolute atomic E-state index is 0.0962. The van der Waals surface area contributed by atoms with E-state index in [2.05, 4.69) is 27.7 Å². The first-order valence-electron chi connectivity index (χ1n) is 17.0. The second kappa shape index (κ2) is 17.4. The van der Waals surface area contributed by atoms with Gasteiger partial charge in [-0.15, -0.1) is 0 Å². The Kier molecular flexibility index (Phi) is 13.1. The van der Waals surface area contributed by atoms with Crippen molar-refractivity contribution in [2.24, 2.45) is 11.8 Å². The predicted molar refractivity (Wildman–Crippen MR) is 188 cm³/mol. The van der Waals surface area contributed by atoms with Crippen LogP contribution in [0, 0.1) is 11.8 Å². The second-order valence-electron chi connectivity index (χ2n) is 12.3. The summed E-state index contributed by atoms with van der Waals surface area (Å²) in [7, 11) is 0. The smallest absolute Gasteiger partial charge is 0.193 e. The van der Waals surface area contributed by atoms with Crippen molar-refractivity contribution < 1.29 is 24.5 Å². The maximum atomic E-state index is 13.3. The molecule has 0 aliphatic heterocycles. The van der Waals surface area contributed by atoms with Gasteiger partial charge in [-0.2, -0.15) is 0 Å². The summed E-state index contributed by atoms with van der Waals surface area (Å²) < 4.78 is 12.0. The van der Waals surface area contributed by atoms with Crippen LogP contribution in [-0.2, 0) is 0 Å². The van der Waals surface area contributed by atoms with Crippen molar-refractivity contribution in [2.75, 3.05) is 13.2 Å². The summed E-state index contributed by atoms with van der Waals surface area (Å²) in [6, 6.07) is 25.3. The average Bonchev–Trinajstić information content (AvgIpc) is 3.08. The lowest BCUT2D eigenvalue weighted by Crippen LogP contribution is -2.11. The first-order valence-corrected chi connectivity index (χ1v) is 17.0. The molecule has 5 nitrogen and oxygen atoms in total. The van der Waals surface area contributed by atoms with Gasteiger partial charge in [0.15, 0.2) is 5.78 Å². The number of hydrogen-bond donors (Lipinski definition) is 2. The number of ether oxygens (including phenoxy) is 2. The molecule has 0 spiro atoms. The minimum Gasteiger partial charge on any atom is -0.507 e. The van der Waals surface area contributed by atoms with Crippen molar-refractivity contribution in [3.8, 4) is 45.3 Å². The van der Waals surface area contributed by atoms with E-state index in [1.807, 2.05) is 48.5 Å². The van der Waals surface area contributed by atoms with Gasteiger partial charge in [0.25, 0.3) is 0 Å². The maximum Gasteiger partial charge on any atom is 0.193 e. The molecule has 46 heavy (non-hydrogen) atoms. The van der Waals surface area contributed by atoms with E-state index in [4.69, 9.17) is 9.47 Å². The summed E-state index contributed by atoms with van der Waals surface area (Å²) in [5, 5.41) is 21.5. The van der Waals surface area contributed by atoms with Crippen LogP contribution >= 0.6 is 0 Å². The van der Waals surface area contributed by atoms with Crippen LogP contribution < -0.4 is 9.47 Å². The van der Waals surface area contributed by atoms with E-state index in [0.717, 1.165) is 36.8 Å². The normalized spacial score (nSPS) is 12.4. The van der Waals surface area contributed by atoms with Crippen molar-refractivity contribution >= 4 is 5.78 Å². The number of carbonyl (C=O) groups is 1. The fourth-order valence-corrected chi connectivity index (χ4v) is 5.68. The van der Waals surface area contributed by atoms with Gasteiger partial charge in [0.05, 0.1) is 13.2 Å². The summed E-state index contributed by atoms with van der Waals surface area (Å²) in [4.78, 5) is 13.3. The Hall–Kier alpha value is -4.25. The summed E-state index contributed by atoms with van der Waals surface area (Å²) in [6.45, 7) is 10.1. The molecule has 0 aliphatic carbocycles. The number of hydrogen-bond acceptors (Lipinski definition) is 5. The number of rotatable bonds is 18. The monoisotopic (exact) mass is 622 g/mol. The zero-order valence-corrected chi connectivity index (χ0v) is 27.9. The van der Waals surface area contributed by atoms with Crippen LogP contribution in [0.5, 0.6) is 23.0 Å². The molecule has 0 aromatic heterocycles. The largest absolute Gasteiger partial charge is 0.507 e. The first kappa shape index (κ1) is 34.6. The van der Waals surface area contributed by atoms with Crippen LogP contribution in [0.2, 0.25) is 0 Å². The molecule has 5 heteroatoms. The highest BCUT2D eigenvalue weighted by molar-refractivity contribution is 6.09. The maximum absolute atomic E-state index is 13.3. The molecule has 0 heterocycles. The van der Waals surface area contributed by atoms with Gasteiger partial charge in [0.1, 0.15) is 23.0 Å². The number of phenols is 2. The SMILES string of the molecule is CCCCC(CC)COc1ccc(-c2ccc(C(=O)c3ccc(-c4ccc(OCC(CC)CCCC)cc4O)cc3)cc2)c(O)c1. The summed E-state index contributed by atoms with van der Waals surface area (Å²) in [5.41, 5.74) is 4.13. The van der Waals surface area contributed by atoms with Crippen molar-refractivity contribution in [3.05, 3.63) is 96.1 Å². The number of carbonyl (C=O) groups excluding carboxylic acids is 1. The van der Waals surface area contributed by atoms with E-state index in [-0.39, 0.29) is 17.3 Å². The van der Waals surface area contributed by atoms with Gasteiger partial charge in [-0.3, -0.25) is 4.79 Å².